The van der Waals surface area contributed by atoms with Crippen LogP contribution in [0.25, 0.3) is 0 Å². The molecule has 1 fully saturated rings. The van der Waals surface area contributed by atoms with Gasteiger partial charge in [-0.15, -0.1) is 0 Å². The number of nitrogens with one attached hydrogen (secondary N) is 1. The smallest absolute Gasteiger partial charge is 0.214 e. The second-order valence-electron chi connectivity index (χ2n) is 4.64. The molecule has 0 aliphatic carbocycles. The predicted molar refractivity (Wildman–Crippen MR) is 66.6 cm³/mol. The van der Waals surface area contributed by atoms with Crippen molar-refractivity contribution in [1.82, 2.24) is 14.8 Å². The van der Waals surface area contributed by atoms with Crippen molar-refractivity contribution in [2.24, 2.45) is 0 Å². The summed E-state index contributed by atoms with van der Waals surface area (Å²) in [5.74, 6) is -0.441. The van der Waals surface area contributed by atoms with Gasteiger partial charge in [0.15, 0.2) is 0 Å². The summed E-state index contributed by atoms with van der Waals surface area (Å²) in [5, 5.41) is 3.26. The molecule has 0 radical (unpaired) electrons. The van der Waals surface area contributed by atoms with E-state index in [1.165, 1.54) is 12.3 Å². The van der Waals surface area contributed by atoms with E-state index in [9.17, 15) is 4.39 Å². The number of hydrogen-bond donors (Lipinski definition) is 1. The van der Waals surface area contributed by atoms with E-state index in [-0.39, 0.29) is 0 Å². The number of anilines is 1. The molecule has 1 saturated heterocycles. The minimum atomic E-state index is -0.441. The normalized spacial score (nSPS) is 22.6. The molecular weight excluding hydrogens is 219 g/mol. The third-order valence-corrected chi connectivity index (χ3v) is 3.25. The second-order valence-corrected chi connectivity index (χ2v) is 4.64. The lowest BCUT2D eigenvalue weighted by Crippen LogP contribution is -2.52. The molecule has 2 rings (SSSR count). The first kappa shape index (κ1) is 12.3. The zero-order valence-corrected chi connectivity index (χ0v) is 10.4. The van der Waals surface area contributed by atoms with Crippen molar-refractivity contribution in [2.75, 3.05) is 45.6 Å². The molecular formula is C12H19FN4. The van der Waals surface area contributed by atoms with Crippen LogP contribution in [0.15, 0.2) is 18.3 Å². The van der Waals surface area contributed by atoms with Crippen molar-refractivity contribution in [3.05, 3.63) is 24.3 Å². The highest BCUT2D eigenvalue weighted by atomic mass is 19.1. The van der Waals surface area contributed by atoms with Gasteiger partial charge < -0.3 is 10.2 Å². The van der Waals surface area contributed by atoms with Crippen molar-refractivity contribution in [1.29, 1.82) is 0 Å². The summed E-state index contributed by atoms with van der Waals surface area (Å²) in [7, 11) is 4.26. The van der Waals surface area contributed by atoms with E-state index in [2.05, 4.69) is 34.2 Å². The van der Waals surface area contributed by atoms with Gasteiger partial charge in [-0.05, 0) is 20.2 Å². The third kappa shape index (κ3) is 3.38. The number of hydrogen-bond acceptors (Lipinski definition) is 4. The van der Waals surface area contributed by atoms with Crippen molar-refractivity contribution >= 4 is 5.69 Å². The highest BCUT2D eigenvalue weighted by Crippen LogP contribution is 2.10. The minimum absolute atomic E-state index is 0.441. The Kier molecular flexibility index (Phi) is 3.91. The SMILES string of the molecule is CN1CCN(C)C(CNc2ccnc(F)c2)C1. The summed E-state index contributed by atoms with van der Waals surface area (Å²) in [6.07, 6.45) is 1.48. The van der Waals surface area contributed by atoms with Crippen LogP contribution in [0.2, 0.25) is 0 Å². The molecule has 1 N–H and O–H groups in total. The van der Waals surface area contributed by atoms with Crippen LogP contribution < -0.4 is 5.32 Å². The number of aromatic nitrogens is 1. The Bertz CT molecular complexity index is 371. The number of pyridine rings is 1. The fourth-order valence-corrected chi connectivity index (χ4v) is 2.07. The van der Waals surface area contributed by atoms with Crippen LogP contribution in [0.1, 0.15) is 0 Å². The Morgan fingerprint density at radius 1 is 1.47 bits per heavy atom. The molecule has 0 bridgehead atoms. The Morgan fingerprint density at radius 2 is 2.29 bits per heavy atom. The summed E-state index contributed by atoms with van der Waals surface area (Å²) in [6, 6.07) is 3.67. The highest BCUT2D eigenvalue weighted by molar-refractivity contribution is 5.41. The molecule has 0 aromatic carbocycles. The minimum Gasteiger partial charge on any atom is -0.383 e. The molecule has 2 heterocycles. The summed E-state index contributed by atoms with van der Waals surface area (Å²) in [4.78, 5) is 8.19. The quantitative estimate of drug-likeness (QED) is 0.792. The largest absolute Gasteiger partial charge is 0.383 e. The molecule has 0 spiro atoms. The average Bonchev–Trinajstić information content (AvgIpc) is 2.30. The standard InChI is InChI=1S/C12H19FN4/c1-16-5-6-17(2)11(9-16)8-15-10-3-4-14-12(13)7-10/h3-4,7,11H,5-6,8-9H2,1-2H3,(H,14,15). The van der Waals surface area contributed by atoms with Crippen molar-refractivity contribution < 1.29 is 4.39 Å². The molecule has 1 aromatic rings. The van der Waals surface area contributed by atoms with Gasteiger partial charge in [-0.1, -0.05) is 0 Å². The van der Waals surface area contributed by atoms with Crippen molar-refractivity contribution in [3.63, 3.8) is 0 Å². The van der Waals surface area contributed by atoms with Crippen LogP contribution >= 0.6 is 0 Å². The van der Waals surface area contributed by atoms with Crippen molar-refractivity contribution in [3.8, 4) is 0 Å². The van der Waals surface area contributed by atoms with Crippen LogP contribution in [-0.4, -0.2) is 61.1 Å². The van der Waals surface area contributed by atoms with E-state index in [4.69, 9.17) is 0 Å². The summed E-state index contributed by atoms with van der Waals surface area (Å²) in [6.45, 7) is 4.05. The maximum atomic E-state index is 12.9. The molecule has 0 saturated carbocycles. The number of nitrogens with zero attached hydrogens (tertiary/aromatic N) is 3. The molecule has 94 valence electrons. The lowest BCUT2D eigenvalue weighted by molar-refractivity contribution is 0.122. The topological polar surface area (TPSA) is 31.4 Å². The van der Waals surface area contributed by atoms with E-state index in [1.54, 1.807) is 6.07 Å². The molecule has 0 amide bonds. The molecule has 17 heavy (non-hydrogen) atoms. The molecule has 5 heteroatoms. The summed E-state index contributed by atoms with van der Waals surface area (Å²) >= 11 is 0. The first-order valence-corrected chi connectivity index (χ1v) is 5.89. The zero-order chi connectivity index (χ0) is 12.3. The van der Waals surface area contributed by atoms with E-state index >= 15 is 0 Å². The van der Waals surface area contributed by atoms with E-state index < -0.39 is 5.95 Å². The highest BCUT2D eigenvalue weighted by Gasteiger charge is 2.21. The summed E-state index contributed by atoms with van der Waals surface area (Å²) < 4.78 is 12.9. The molecule has 1 aliphatic rings. The molecule has 1 aliphatic heterocycles. The van der Waals surface area contributed by atoms with Crippen LogP contribution in [0, 0.1) is 5.95 Å². The maximum absolute atomic E-state index is 12.9. The fraction of sp³-hybridized carbons (Fsp3) is 0.583. The second kappa shape index (κ2) is 5.42. The Hall–Kier alpha value is -1.20. The van der Waals surface area contributed by atoms with E-state index in [1.807, 2.05) is 0 Å². The van der Waals surface area contributed by atoms with Gasteiger partial charge in [-0.3, -0.25) is 4.90 Å². The maximum Gasteiger partial charge on any atom is 0.214 e. The van der Waals surface area contributed by atoms with Gasteiger partial charge in [0.1, 0.15) is 0 Å². The number of halogens is 1. The number of likely N-dealkylation sites (N-methyl/N-ethyl adjacent to an activating group) is 2. The van der Waals surface area contributed by atoms with Crippen LogP contribution in [-0.2, 0) is 0 Å². The van der Waals surface area contributed by atoms with E-state index in [0.29, 0.717) is 6.04 Å². The monoisotopic (exact) mass is 238 g/mol. The first-order chi connectivity index (χ1) is 8.15. The molecule has 1 unspecified atom stereocenters. The number of piperazine rings is 1. The Morgan fingerprint density at radius 3 is 3.06 bits per heavy atom. The lowest BCUT2D eigenvalue weighted by atomic mass is 10.2. The van der Waals surface area contributed by atoms with Gasteiger partial charge >= 0.3 is 0 Å². The Labute approximate surface area is 101 Å². The lowest BCUT2D eigenvalue weighted by Gasteiger charge is -2.37. The predicted octanol–water partition coefficient (Wildman–Crippen LogP) is 0.878. The van der Waals surface area contributed by atoms with E-state index in [0.717, 1.165) is 31.9 Å². The first-order valence-electron chi connectivity index (χ1n) is 5.89. The van der Waals surface area contributed by atoms with Gasteiger partial charge in [-0.25, -0.2) is 4.98 Å². The third-order valence-electron chi connectivity index (χ3n) is 3.25. The Balaban J connectivity index is 1.88. The molecule has 4 nitrogen and oxygen atoms in total. The van der Waals surface area contributed by atoms with Crippen LogP contribution in [0.5, 0.6) is 0 Å². The van der Waals surface area contributed by atoms with Gasteiger partial charge in [-0.2, -0.15) is 4.39 Å². The van der Waals surface area contributed by atoms with Crippen LogP contribution in [0.3, 0.4) is 0 Å². The van der Waals surface area contributed by atoms with Crippen molar-refractivity contribution in [2.45, 2.75) is 6.04 Å². The van der Waals surface area contributed by atoms with Gasteiger partial charge in [0, 0.05) is 50.2 Å². The summed E-state index contributed by atoms with van der Waals surface area (Å²) in [5.41, 5.74) is 0.791. The average molecular weight is 238 g/mol. The van der Waals surface area contributed by atoms with Gasteiger partial charge in [0.25, 0.3) is 0 Å². The zero-order valence-electron chi connectivity index (χ0n) is 10.4. The van der Waals surface area contributed by atoms with Gasteiger partial charge in [0.05, 0.1) is 0 Å². The number of rotatable bonds is 3. The molecule has 1 atom stereocenters. The molecule has 1 aromatic heterocycles. The van der Waals surface area contributed by atoms with Crippen LogP contribution in [0.4, 0.5) is 10.1 Å². The van der Waals surface area contributed by atoms with Gasteiger partial charge in [0.2, 0.25) is 5.95 Å². The fourth-order valence-electron chi connectivity index (χ4n) is 2.07.